The molecule has 0 aliphatic carbocycles. The summed E-state index contributed by atoms with van der Waals surface area (Å²) in [5, 5.41) is 65.4. The standard InChI is InChI=1S/C5H14NO.C5H10O6.C2H2O4.ClH/c1-6(2,3)4-5-7;6-1-2(7)3(8)4(9)5(10)11;3-1(4)2(5)6;/h7H,4-5H2,1-3H3;2-4,6-9H,1H2,(H,10,11);(H,3,4)(H,5,6);1H/q+1;;;/p-1. The van der Waals surface area contributed by atoms with Gasteiger partial charge in [0.05, 0.1) is 34.4 Å². The van der Waals surface area contributed by atoms with Crippen LogP contribution in [0.5, 0.6) is 0 Å². The van der Waals surface area contributed by atoms with Crippen molar-refractivity contribution in [2.75, 3.05) is 40.9 Å². The summed E-state index contributed by atoms with van der Waals surface area (Å²) in [5.74, 6) is -5.30. The van der Waals surface area contributed by atoms with Crippen LogP contribution in [-0.4, -0.2) is 122 Å². The number of hydrogen-bond acceptors (Lipinski definition) is 8. The van der Waals surface area contributed by atoms with Gasteiger partial charge in [-0.15, -0.1) is 0 Å². The lowest BCUT2D eigenvalue weighted by Gasteiger charge is -2.21. The smallest absolute Gasteiger partial charge is 0.414 e. The summed E-state index contributed by atoms with van der Waals surface area (Å²) in [7, 11) is 6.16. The Bertz CT molecular complexity index is 374. The average Bonchev–Trinajstić information content (AvgIpc) is 2.44. The third-order valence-electron chi connectivity index (χ3n) is 2.11. The maximum atomic E-state index is 9.96. The summed E-state index contributed by atoms with van der Waals surface area (Å²) in [6.45, 7) is 0.314. The quantitative estimate of drug-likeness (QED) is 0.156. The predicted octanol–water partition coefficient (Wildman–Crippen LogP) is -7.01. The number of likely N-dealkylation sites (N-methyl/N-ethyl adjacent to an activating group) is 1. The van der Waals surface area contributed by atoms with E-state index in [9.17, 15) is 4.79 Å². The van der Waals surface area contributed by atoms with Gasteiger partial charge in [0.25, 0.3) is 0 Å². The number of aliphatic carboxylic acids is 3. The molecule has 13 heteroatoms. The fraction of sp³-hybridized carbons (Fsp3) is 0.750. The average molecular weight is 396 g/mol. The second-order valence-corrected chi connectivity index (χ2v) is 5.37. The zero-order valence-corrected chi connectivity index (χ0v) is 14.7. The third-order valence-corrected chi connectivity index (χ3v) is 2.11. The minimum absolute atomic E-state index is 0. The minimum Gasteiger partial charge on any atom is -1.00 e. The lowest BCUT2D eigenvalue weighted by molar-refractivity contribution is -0.870. The summed E-state index contributed by atoms with van der Waals surface area (Å²) in [4.78, 5) is 28.2. The van der Waals surface area contributed by atoms with Crippen LogP contribution in [0.2, 0.25) is 0 Å². The second kappa shape index (κ2) is 16.0. The van der Waals surface area contributed by atoms with E-state index in [-0.39, 0.29) is 19.0 Å². The Labute approximate surface area is 150 Å². The first-order valence-electron chi connectivity index (χ1n) is 6.46. The maximum Gasteiger partial charge on any atom is 0.414 e. The van der Waals surface area contributed by atoms with Crippen molar-refractivity contribution in [3.8, 4) is 0 Å². The number of aliphatic hydroxyl groups is 5. The molecule has 0 aromatic carbocycles. The van der Waals surface area contributed by atoms with Crippen molar-refractivity contribution in [1.82, 2.24) is 0 Å². The van der Waals surface area contributed by atoms with Crippen LogP contribution in [0.1, 0.15) is 0 Å². The highest BCUT2D eigenvalue weighted by atomic mass is 35.5. The van der Waals surface area contributed by atoms with Crippen LogP contribution in [0, 0.1) is 0 Å². The molecule has 0 spiro atoms. The molecular formula is C12H26ClNO11. The van der Waals surface area contributed by atoms with Gasteiger partial charge in [0.15, 0.2) is 6.10 Å². The van der Waals surface area contributed by atoms with Crippen LogP contribution in [0.15, 0.2) is 0 Å². The molecule has 0 fully saturated rings. The highest BCUT2D eigenvalue weighted by molar-refractivity contribution is 6.27. The number of rotatable bonds is 6. The zero-order valence-electron chi connectivity index (χ0n) is 14.0. The summed E-state index contributed by atoms with van der Waals surface area (Å²) < 4.78 is 0.844. The van der Waals surface area contributed by atoms with Crippen LogP contribution >= 0.6 is 0 Å². The van der Waals surface area contributed by atoms with E-state index in [4.69, 9.17) is 50.4 Å². The first-order valence-corrected chi connectivity index (χ1v) is 6.46. The third kappa shape index (κ3) is 22.5. The molecule has 0 saturated carbocycles. The van der Waals surface area contributed by atoms with E-state index >= 15 is 0 Å². The van der Waals surface area contributed by atoms with Crippen LogP contribution in [0.3, 0.4) is 0 Å². The summed E-state index contributed by atoms with van der Waals surface area (Å²) in [6, 6.07) is 0. The zero-order chi connectivity index (χ0) is 20.1. The Morgan fingerprint density at radius 1 is 0.880 bits per heavy atom. The lowest BCUT2D eigenvalue weighted by Crippen LogP contribution is -3.00. The van der Waals surface area contributed by atoms with Gasteiger partial charge >= 0.3 is 17.9 Å². The number of quaternary nitrogens is 1. The summed E-state index contributed by atoms with van der Waals surface area (Å²) in [5.41, 5.74) is 0. The Morgan fingerprint density at radius 3 is 1.36 bits per heavy atom. The molecule has 152 valence electrons. The van der Waals surface area contributed by atoms with Crippen molar-refractivity contribution in [2.24, 2.45) is 0 Å². The van der Waals surface area contributed by atoms with E-state index in [1.54, 1.807) is 0 Å². The van der Waals surface area contributed by atoms with E-state index < -0.39 is 42.8 Å². The molecule has 0 saturated heterocycles. The van der Waals surface area contributed by atoms with E-state index in [1.807, 2.05) is 0 Å². The fourth-order valence-electron chi connectivity index (χ4n) is 0.765. The number of carbonyl (C=O) groups is 3. The van der Waals surface area contributed by atoms with E-state index in [0.717, 1.165) is 11.0 Å². The Morgan fingerprint density at radius 2 is 1.24 bits per heavy atom. The molecule has 0 radical (unpaired) electrons. The molecule has 0 amide bonds. The molecule has 3 unspecified atom stereocenters. The molecule has 25 heavy (non-hydrogen) atoms. The van der Waals surface area contributed by atoms with Gasteiger partial charge in [0.1, 0.15) is 18.8 Å². The van der Waals surface area contributed by atoms with Crippen molar-refractivity contribution in [3.05, 3.63) is 0 Å². The molecule has 0 heterocycles. The number of carboxylic acids is 3. The Kier molecular flexibility index (Phi) is 19.9. The summed E-state index contributed by atoms with van der Waals surface area (Å²) in [6.07, 6.45) is -5.57. The molecule has 0 aliphatic rings. The second-order valence-electron chi connectivity index (χ2n) is 5.37. The predicted molar refractivity (Wildman–Crippen MR) is 78.0 cm³/mol. The Hall–Kier alpha value is -1.54. The minimum atomic E-state index is -2.07. The fourth-order valence-corrected chi connectivity index (χ4v) is 0.765. The largest absolute Gasteiger partial charge is 1.00 e. The van der Waals surface area contributed by atoms with Gasteiger partial charge < -0.3 is 57.7 Å². The molecule has 0 aliphatic heterocycles. The Balaban J connectivity index is -0.000000138. The van der Waals surface area contributed by atoms with Crippen LogP contribution in [0.25, 0.3) is 0 Å². The van der Waals surface area contributed by atoms with Gasteiger partial charge in [-0.3, -0.25) is 0 Å². The van der Waals surface area contributed by atoms with E-state index in [1.165, 1.54) is 0 Å². The topological polar surface area (TPSA) is 213 Å². The van der Waals surface area contributed by atoms with Crippen molar-refractivity contribution in [3.63, 3.8) is 0 Å². The normalized spacial score (nSPS) is 13.4. The molecule has 0 rings (SSSR count). The van der Waals surface area contributed by atoms with E-state index in [2.05, 4.69) is 21.1 Å². The number of aliphatic hydroxyl groups excluding tert-OH is 5. The molecule has 12 nitrogen and oxygen atoms in total. The maximum absolute atomic E-state index is 9.96. The SMILES string of the molecule is C[N+](C)(C)CCO.O=C(O)C(=O)O.O=C(O)C(O)C(O)C(O)CO.[Cl-]. The van der Waals surface area contributed by atoms with Crippen molar-refractivity contribution >= 4 is 17.9 Å². The van der Waals surface area contributed by atoms with Crippen molar-refractivity contribution in [1.29, 1.82) is 0 Å². The van der Waals surface area contributed by atoms with Gasteiger partial charge in [-0.25, -0.2) is 14.4 Å². The van der Waals surface area contributed by atoms with Crippen molar-refractivity contribution in [2.45, 2.75) is 18.3 Å². The highest BCUT2D eigenvalue weighted by Gasteiger charge is 2.29. The van der Waals surface area contributed by atoms with Gasteiger partial charge in [-0.2, -0.15) is 0 Å². The highest BCUT2D eigenvalue weighted by Crippen LogP contribution is 1.99. The molecule has 0 aromatic rings. The molecular weight excluding hydrogens is 370 g/mol. The van der Waals surface area contributed by atoms with Crippen LogP contribution in [0.4, 0.5) is 0 Å². The van der Waals surface area contributed by atoms with Gasteiger partial charge in [0, 0.05) is 0 Å². The number of carboxylic acid groups (broad SMARTS) is 3. The number of hydrogen-bond donors (Lipinski definition) is 8. The van der Waals surface area contributed by atoms with Gasteiger partial charge in [0.2, 0.25) is 0 Å². The lowest BCUT2D eigenvalue weighted by atomic mass is 10.1. The van der Waals surface area contributed by atoms with Crippen LogP contribution in [-0.2, 0) is 14.4 Å². The monoisotopic (exact) mass is 395 g/mol. The molecule has 0 aromatic heterocycles. The number of nitrogens with zero attached hydrogens (tertiary/aromatic N) is 1. The summed E-state index contributed by atoms with van der Waals surface area (Å²) >= 11 is 0. The first kappa shape index (κ1) is 31.3. The number of halogens is 1. The van der Waals surface area contributed by atoms with Crippen LogP contribution < -0.4 is 12.4 Å². The van der Waals surface area contributed by atoms with Gasteiger partial charge in [-0.1, -0.05) is 0 Å². The van der Waals surface area contributed by atoms with E-state index in [0.29, 0.717) is 0 Å². The molecule has 0 bridgehead atoms. The van der Waals surface area contributed by atoms with Gasteiger partial charge in [-0.05, 0) is 0 Å². The molecule has 3 atom stereocenters. The van der Waals surface area contributed by atoms with Crippen molar-refractivity contribution < 1.29 is 72.1 Å². The first-order chi connectivity index (χ1) is 10.7. The molecule has 8 N–H and O–H groups in total.